The molecule has 2 aromatic rings. The van der Waals surface area contributed by atoms with Crippen LogP contribution in [-0.2, 0) is 4.74 Å². The number of carbonyl (C=O) groups is 1. The molecule has 0 aromatic carbocycles. The second kappa shape index (κ2) is 6.12. The highest BCUT2D eigenvalue weighted by Crippen LogP contribution is 2.46. The fraction of sp³-hybridized carbons (Fsp3) is 0.526. The first-order valence-electron chi connectivity index (χ1n) is 9.12. The SMILES string of the molecule is CC(C)(C)OC(=O)N1CCN(c2cnc3[nH]c(=O)ccc3c2Cl)CC12CC2. The van der Waals surface area contributed by atoms with Gasteiger partial charge in [-0.1, -0.05) is 11.6 Å². The van der Waals surface area contributed by atoms with E-state index in [4.69, 9.17) is 16.3 Å². The normalized spacial score (nSPS) is 18.8. The Morgan fingerprint density at radius 3 is 2.70 bits per heavy atom. The molecule has 1 saturated carbocycles. The molecule has 4 rings (SSSR count). The van der Waals surface area contributed by atoms with Gasteiger partial charge in [0.15, 0.2) is 0 Å². The molecule has 0 atom stereocenters. The Kier molecular flexibility index (Phi) is 4.10. The predicted octanol–water partition coefficient (Wildman–Crippen LogP) is 3.17. The van der Waals surface area contributed by atoms with Gasteiger partial charge in [-0.2, -0.15) is 0 Å². The molecule has 1 amide bonds. The molecule has 1 saturated heterocycles. The summed E-state index contributed by atoms with van der Waals surface area (Å²) in [5, 5.41) is 1.28. The number of amides is 1. The van der Waals surface area contributed by atoms with Crippen molar-refractivity contribution in [2.45, 2.75) is 44.8 Å². The Bertz CT molecular complexity index is 962. The maximum Gasteiger partial charge on any atom is 0.410 e. The van der Waals surface area contributed by atoms with Gasteiger partial charge >= 0.3 is 6.09 Å². The quantitative estimate of drug-likeness (QED) is 0.809. The van der Waals surface area contributed by atoms with Crippen LogP contribution < -0.4 is 10.5 Å². The average molecular weight is 391 g/mol. The molecule has 1 spiro atoms. The minimum atomic E-state index is -0.507. The number of nitrogens with zero attached hydrogens (tertiary/aromatic N) is 3. The summed E-state index contributed by atoms with van der Waals surface area (Å²) in [6.45, 7) is 7.57. The smallest absolute Gasteiger partial charge is 0.410 e. The Labute approximate surface area is 162 Å². The van der Waals surface area contributed by atoms with E-state index in [1.165, 1.54) is 6.07 Å². The molecule has 144 valence electrons. The molecular weight excluding hydrogens is 368 g/mol. The number of aromatic amines is 1. The number of pyridine rings is 2. The summed E-state index contributed by atoms with van der Waals surface area (Å²) in [5.41, 5.74) is 0.397. The van der Waals surface area contributed by atoms with Crippen molar-refractivity contribution in [1.29, 1.82) is 0 Å². The fourth-order valence-electron chi connectivity index (χ4n) is 3.64. The first-order chi connectivity index (χ1) is 12.7. The summed E-state index contributed by atoms with van der Waals surface area (Å²) in [6.07, 6.45) is 3.35. The molecule has 8 heteroatoms. The van der Waals surface area contributed by atoms with Gasteiger partial charge in [-0.25, -0.2) is 9.78 Å². The number of hydrogen-bond donors (Lipinski definition) is 1. The van der Waals surface area contributed by atoms with Crippen LogP contribution in [0.5, 0.6) is 0 Å². The van der Waals surface area contributed by atoms with Gasteiger partial charge in [-0.3, -0.25) is 9.69 Å². The highest BCUT2D eigenvalue weighted by atomic mass is 35.5. The van der Waals surface area contributed by atoms with Gasteiger partial charge in [0, 0.05) is 31.1 Å². The second-order valence-corrected chi connectivity index (χ2v) is 8.70. The van der Waals surface area contributed by atoms with E-state index in [0.717, 1.165) is 18.5 Å². The number of halogens is 1. The zero-order chi connectivity index (χ0) is 19.4. The third-order valence-corrected chi connectivity index (χ3v) is 5.51. The zero-order valence-electron chi connectivity index (χ0n) is 15.7. The van der Waals surface area contributed by atoms with Crippen molar-refractivity contribution in [2.75, 3.05) is 24.5 Å². The van der Waals surface area contributed by atoms with E-state index in [0.29, 0.717) is 35.7 Å². The molecule has 1 aliphatic heterocycles. The summed E-state index contributed by atoms with van der Waals surface area (Å²) in [5.74, 6) is 0. The summed E-state index contributed by atoms with van der Waals surface area (Å²) < 4.78 is 5.58. The third-order valence-electron chi connectivity index (χ3n) is 5.11. The van der Waals surface area contributed by atoms with Crippen LogP contribution in [0.15, 0.2) is 23.1 Å². The number of carbonyl (C=O) groups excluding carboxylic acids is 1. The van der Waals surface area contributed by atoms with Gasteiger partial charge < -0.3 is 14.6 Å². The molecule has 0 unspecified atom stereocenters. The van der Waals surface area contributed by atoms with Crippen LogP contribution >= 0.6 is 11.6 Å². The minimum absolute atomic E-state index is 0.191. The molecule has 0 radical (unpaired) electrons. The number of rotatable bonds is 1. The molecule has 2 fully saturated rings. The lowest BCUT2D eigenvalue weighted by atomic mass is 10.1. The Morgan fingerprint density at radius 1 is 1.30 bits per heavy atom. The monoisotopic (exact) mass is 390 g/mol. The number of hydrogen-bond acceptors (Lipinski definition) is 5. The van der Waals surface area contributed by atoms with Gasteiger partial charge in [0.2, 0.25) is 5.56 Å². The lowest BCUT2D eigenvalue weighted by Gasteiger charge is -2.43. The first-order valence-corrected chi connectivity index (χ1v) is 9.49. The van der Waals surface area contributed by atoms with Crippen LogP contribution in [0.1, 0.15) is 33.6 Å². The summed E-state index contributed by atoms with van der Waals surface area (Å²) >= 11 is 6.62. The molecule has 2 aliphatic rings. The van der Waals surface area contributed by atoms with E-state index in [1.54, 1.807) is 12.3 Å². The average Bonchev–Trinajstić information content (AvgIpc) is 3.32. The standard InChI is InChI=1S/C19H23ClN4O3/c1-18(2,3)27-17(26)24-9-8-23(11-19(24)6-7-19)13-10-21-16-12(15(13)20)4-5-14(25)22-16/h4-5,10H,6-9,11H2,1-3H3,(H,21,22,25). The molecule has 1 aliphatic carbocycles. The van der Waals surface area contributed by atoms with Gasteiger partial charge in [-0.05, 0) is 39.7 Å². The maximum atomic E-state index is 12.6. The predicted molar refractivity (Wildman–Crippen MR) is 104 cm³/mol. The minimum Gasteiger partial charge on any atom is -0.444 e. The molecule has 3 heterocycles. The van der Waals surface area contributed by atoms with E-state index in [-0.39, 0.29) is 17.2 Å². The van der Waals surface area contributed by atoms with E-state index in [1.807, 2.05) is 25.7 Å². The molecular formula is C19H23ClN4O3. The lowest BCUT2D eigenvalue weighted by molar-refractivity contribution is 0.0106. The van der Waals surface area contributed by atoms with Crippen LogP contribution in [-0.4, -0.2) is 51.7 Å². The number of piperazine rings is 1. The van der Waals surface area contributed by atoms with Crippen molar-refractivity contribution in [2.24, 2.45) is 0 Å². The van der Waals surface area contributed by atoms with Crippen molar-refractivity contribution >= 4 is 34.4 Å². The van der Waals surface area contributed by atoms with Gasteiger partial charge in [0.1, 0.15) is 11.2 Å². The van der Waals surface area contributed by atoms with E-state index in [9.17, 15) is 9.59 Å². The van der Waals surface area contributed by atoms with Crippen molar-refractivity contribution in [3.63, 3.8) is 0 Å². The Balaban J connectivity index is 1.59. The fourth-order valence-corrected chi connectivity index (χ4v) is 3.96. The molecule has 2 aromatic heterocycles. The molecule has 0 bridgehead atoms. The van der Waals surface area contributed by atoms with Crippen molar-refractivity contribution in [1.82, 2.24) is 14.9 Å². The number of H-pyrrole nitrogens is 1. The van der Waals surface area contributed by atoms with E-state index in [2.05, 4.69) is 14.9 Å². The van der Waals surface area contributed by atoms with Gasteiger partial charge in [0.25, 0.3) is 0 Å². The summed E-state index contributed by atoms with van der Waals surface area (Å²) in [6, 6.07) is 3.14. The summed E-state index contributed by atoms with van der Waals surface area (Å²) in [7, 11) is 0. The highest BCUT2D eigenvalue weighted by Gasteiger charge is 2.54. The first kappa shape index (κ1) is 18.1. The number of fused-ring (bicyclic) bond motifs is 1. The van der Waals surface area contributed by atoms with Crippen LogP contribution in [0, 0.1) is 0 Å². The number of anilines is 1. The number of aromatic nitrogens is 2. The van der Waals surface area contributed by atoms with Crippen LogP contribution in [0.3, 0.4) is 0 Å². The van der Waals surface area contributed by atoms with Crippen LogP contribution in [0.2, 0.25) is 5.02 Å². The number of ether oxygens (including phenoxy) is 1. The largest absolute Gasteiger partial charge is 0.444 e. The zero-order valence-corrected chi connectivity index (χ0v) is 16.5. The van der Waals surface area contributed by atoms with Crippen LogP contribution in [0.25, 0.3) is 11.0 Å². The second-order valence-electron chi connectivity index (χ2n) is 8.32. The van der Waals surface area contributed by atoms with Crippen molar-refractivity contribution < 1.29 is 9.53 Å². The number of nitrogens with one attached hydrogen (secondary N) is 1. The maximum absolute atomic E-state index is 12.6. The highest BCUT2D eigenvalue weighted by molar-refractivity contribution is 6.37. The van der Waals surface area contributed by atoms with Gasteiger partial charge in [0.05, 0.1) is 22.4 Å². The lowest BCUT2D eigenvalue weighted by Crippen LogP contribution is -2.58. The van der Waals surface area contributed by atoms with Crippen molar-refractivity contribution in [3.05, 3.63) is 33.7 Å². The Hall–Kier alpha value is -2.28. The van der Waals surface area contributed by atoms with E-state index >= 15 is 0 Å². The van der Waals surface area contributed by atoms with E-state index < -0.39 is 5.60 Å². The van der Waals surface area contributed by atoms with Crippen molar-refractivity contribution in [3.8, 4) is 0 Å². The summed E-state index contributed by atoms with van der Waals surface area (Å²) in [4.78, 5) is 35.2. The molecule has 27 heavy (non-hydrogen) atoms. The third kappa shape index (κ3) is 3.36. The molecule has 1 N–H and O–H groups in total. The van der Waals surface area contributed by atoms with Gasteiger partial charge in [-0.15, -0.1) is 0 Å². The Morgan fingerprint density at radius 2 is 2.04 bits per heavy atom. The molecule has 7 nitrogen and oxygen atoms in total. The van der Waals surface area contributed by atoms with Crippen LogP contribution in [0.4, 0.5) is 10.5 Å². The topological polar surface area (TPSA) is 78.5 Å².